The van der Waals surface area contributed by atoms with Crippen molar-refractivity contribution in [2.75, 3.05) is 0 Å². The number of aromatic hydroxyl groups is 2. The molecule has 0 amide bonds. The highest BCUT2D eigenvalue weighted by molar-refractivity contribution is 5.79. The first-order valence-electron chi connectivity index (χ1n) is 8.51. The van der Waals surface area contributed by atoms with E-state index in [4.69, 9.17) is 0 Å². The van der Waals surface area contributed by atoms with Gasteiger partial charge in [0.15, 0.2) is 0 Å². The van der Waals surface area contributed by atoms with Crippen LogP contribution in [0.15, 0.2) is 24.3 Å². The third-order valence-electron chi connectivity index (χ3n) is 4.44. The molecule has 0 aromatic heterocycles. The first-order chi connectivity index (χ1) is 10.8. The third kappa shape index (κ3) is 3.28. The summed E-state index contributed by atoms with van der Waals surface area (Å²) in [5.41, 5.74) is 5.45. The Balaban J connectivity index is 2.92. The fourth-order valence-electron chi connectivity index (χ4n) is 3.57. The van der Waals surface area contributed by atoms with Crippen LogP contribution in [0.4, 0.5) is 0 Å². The minimum Gasteiger partial charge on any atom is -0.507 e. The van der Waals surface area contributed by atoms with E-state index in [0.29, 0.717) is 11.1 Å². The average molecular weight is 326 g/mol. The van der Waals surface area contributed by atoms with Crippen LogP contribution in [0.2, 0.25) is 0 Å². The van der Waals surface area contributed by atoms with Crippen molar-refractivity contribution in [1.82, 2.24) is 0 Å². The molecule has 2 heteroatoms. The molecule has 0 saturated carbocycles. The van der Waals surface area contributed by atoms with E-state index in [9.17, 15) is 10.2 Å². The van der Waals surface area contributed by atoms with E-state index in [0.717, 1.165) is 16.7 Å². The molecule has 0 spiro atoms. The van der Waals surface area contributed by atoms with Crippen molar-refractivity contribution >= 4 is 0 Å². The number of benzene rings is 2. The quantitative estimate of drug-likeness (QED) is 0.677. The van der Waals surface area contributed by atoms with Crippen molar-refractivity contribution in [2.24, 2.45) is 0 Å². The molecule has 24 heavy (non-hydrogen) atoms. The highest BCUT2D eigenvalue weighted by Crippen LogP contribution is 2.47. The van der Waals surface area contributed by atoms with Crippen molar-refractivity contribution in [3.05, 3.63) is 46.5 Å². The number of rotatable bonds is 1. The first kappa shape index (κ1) is 18.4. The molecule has 130 valence electrons. The lowest BCUT2D eigenvalue weighted by Gasteiger charge is -2.33. The smallest absolute Gasteiger partial charge is 0.127 e. The molecule has 0 fully saturated rings. The van der Waals surface area contributed by atoms with Gasteiger partial charge in [-0.3, -0.25) is 0 Å². The Hall–Kier alpha value is -1.96. The Bertz CT molecular complexity index is 772. The molecule has 2 aromatic carbocycles. The highest BCUT2D eigenvalue weighted by atomic mass is 16.3. The summed E-state index contributed by atoms with van der Waals surface area (Å²) in [6, 6.07) is 7.48. The molecular formula is C22H30O2. The molecule has 0 aliphatic carbocycles. The molecule has 0 heterocycles. The molecule has 0 bridgehead atoms. The van der Waals surface area contributed by atoms with E-state index in [1.165, 1.54) is 5.56 Å². The van der Waals surface area contributed by atoms with Gasteiger partial charge in [-0.05, 0) is 54.0 Å². The van der Waals surface area contributed by atoms with Gasteiger partial charge in [-0.1, -0.05) is 53.2 Å². The van der Waals surface area contributed by atoms with Gasteiger partial charge in [0.2, 0.25) is 0 Å². The zero-order valence-electron chi connectivity index (χ0n) is 16.2. The largest absolute Gasteiger partial charge is 0.507 e. The van der Waals surface area contributed by atoms with Gasteiger partial charge < -0.3 is 10.2 Å². The standard InChI is InChI=1S/C22H30O2/c1-13-9-10-17(23)15(11-13)16-12-14(2)18(21(3,4)5)19(20(16)24)22(6,7)8/h9-12,23-24H,1-8H3. The molecule has 0 saturated heterocycles. The molecule has 2 rings (SSSR count). The topological polar surface area (TPSA) is 40.5 Å². The summed E-state index contributed by atoms with van der Waals surface area (Å²) in [6.45, 7) is 17.0. The Morgan fingerprint density at radius 3 is 1.75 bits per heavy atom. The van der Waals surface area contributed by atoms with E-state index in [1.807, 2.05) is 25.1 Å². The molecule has 2 N–H and O–H groups in total. The first-order valence-corrected chi connectivity index (χ1v) is 8.51. The van der Waals surface area contributed by atoms with Crippen LogP contribution in [0.3, 0.4) is 0 Å². The molecule has 2 nitrogen and oxygen atoms in total. The lowest BCUT2D eigenvalue weighted by atomic mass is 9.71. The zero-order chi connectivity index (χ0) is 18.4. The fourth-order valence-corrected chi connectivity index (χ4v) is 3.57. The Labute approximate surface area is 146 Å². The van der Waals surface area contributed by atoms with Gasteiger partial charge >= 0.3 is 0 Å². The maximum Gasteiger partial charge on any atom is 0.127 e. The SMILES string of the molecule is Cc1ccc(O)c(-c2cc(C)c(C(C)(C)C)c(C(C)(C)C)c2O)c1. The van der Waals surface area contributed by atoms with Gasteiger partial charge in [0.05, 0.1) is 0 Å². The fraction of sp³-hybridized carbons (Fsp3) is 0.455. The molecule has 0 aliphatic rings. The van der Waals surface area contributed by atoms with Crippen LogP contribution in [0.1, 0.15) is 63.8 Å². The number of phenolic OH excluding ortho intramolecular Hbond substituents is 2. The lowest BCUT2D eigenvalue weighted by Crippen LogP contribution is -2.23. The maximum absolute atomic E-state index is 11.2. The van der Waals surface area contributed by atoms with Crippen LogP contribution >= 0.6 is 0 Å². The highest BCUT2D eigenvalue weighted by Gasteiger charge is 2.31. The molecule has 0 atom stereocenters. The Morgan fingerprint density at radius 1 is 0.708 bits per heavy atom. The van der Waals surface area contributed by atoms with E-state index in [-0.39, 0.29) is 22.3 Å². The van der Waals surface area contributed by atoms with Gasteiger partial charge in [-0.25, -0.2) is 0 Å². The molecular weight excluding hydrogens is 296 g/mol. The normalized spacial score (nSPS) is 12.5. The predicted octanol–water partition coefficient (Wildman–Crippen LogP) is 5.98. The van der Waals surface area contributed by atoms with E-state index in [1.54, 1.807) is 6.07 Å². The van der Waals surface area contributed by atoms with Crippen LogP contribution in [0, 0.1) is 13.8 Å². The monoisotopic (exact) mass is 326 g/mol. The van der Waals surface area contributed by atoms with Gasteiger partial charge in [0, 0.05) is 16.7 Å². The average Bonchev–Trinajstić information content (AvgIpc) is 2.40. The summed E-state index contributed by atoms with van der Waals surface area (Å²) in [4.78, 5) is 0. The van der Waals surface area contributed by atoms with Crippen molar-refractivity contribution in [3.63, 3.8) is 0 Å². The van der Waals surface area contributed by atoms with Gasteiger partial charge in [0.1, 0.15) is 11.5 Å². The van der Waals surface area contributed by atoms with Crippen LogP contribution < -0.4 is 0 Å². The number of aryl methyl sites for hydroxylation is 2. The van der Waals surface area contributed by atoms with E-state index >= 15 is 0 Å². The zero-order valence-corrected chi connectivity index (χ0v) is 16.2. The molecule has 2 aromatic rings. The Kier molecular flexibility index (Phi) is 4.47. The van der Waals surface area contributed by atoms with E-state index in [2.05, 4.69) is 48.5 Å². The summed E-state index contributed by atoms with van der Waals surface area (Å²) in [6.07, 6.45) is 0. The predicted molar refractivity (Wildman–Crippen MR) is 102 cm³/mol. The van der Waals surface area contributed by atoms with E-state index < -0.39 is 0 Å². The van der Waals surface area contributed by atoms with Crippen molar-refractivity contribution in [3.8, 4) is 22.6 Å². The second-order valence-electron chi connectivity index (χ2n) is 8.86. The van der Waals surface area contributed by atoms with Crippen molar-refractivity contribution in [1.29, 1.82) is 0 Å². The van der Waals surface area contributed by atoms with Crippen LogP contribution in [-0.4, -0.2) is 10.2 Å². The molecule has 0 aliphatic heterocycles. The number of phenols is 2. The molecule has 0 unspecified atom stereocenters. The Morgan fingerprint density at radius 2 is 1.25 bits per heavy atom. The second-order valence-corrected chi connectivity index (χ2v) is 8.86. The minimum absolute atomic E-state index is 0.0721. The minimum atomic E-state index is -0.201. The summed E-state index contributed by atoms with van der Waals surface area (Å²) < 4.78 is 0. The summed E-state index contributed by atoms with van der Waals surface area (Å²) in [5.74, 6) is 0.470. The van der Waals surface area contributed by atoms with Crippen LogP contribution in [-0.2, 0) is 10.8 Å². The molecule has 0 radical (unpaired) electrons. The number of hydrogen-bond acceptors (Lipinski definition) is 2. The summed E-state index contributed by atoms with van der Waals surface area (Å²) in [7, 11) is 0. The lowest BCUT2D eigenvalue weighted by molar-refractivity contribution is 0.435. The van der Waals surface area contributed by atoms with Crippen molar-refractivity contribution < 1.29 is 10.2 Å². The second kappa shape index (κ2) is 5.84. The van der Waals surface area contributed by atoms with Crippen LogP contribution in [0.5, 0.6) is 11.5 Å². The third-order valence-corrected chi connectivity index (χ3v) is 4.44. The summed E-state index contributed by atoms with van der Waals surface area (Å²) >= 11 is 0. The number of hydrogen-bond donors (Lipinski definition) is 2. The van der Waals surface area contributed by atoms with Gasteiger partial charge in [-0.2, -0.15) is 0 Å². The van der Waals surface area contributed by atoms with Gasteiger partial charge in [0.25, 0.3) is 0 Å². The van der Waals surface area contributed by atoms with Crippen molar-refractivity contribution in [2.45, 2.75) is 66.2 Å². The summed E-state index contributed by atoms with van der Waals surface area (Å²) in [5, 5.41) is 21.5. The van der Waals surface area contributed by atoms with Crippen LogP contribution in [0.25, 0.3) is 11.1 Å². The van der Waals surface area contributed by atoms with Gasteiger partial charge in [-0.15, -0.1) is 0 Å². The maximum atomic E-state index is 11.2.